The molecule has 2 aromatic heterocycles. The van der Waals surface area contributed by atoms with Crippen LogP contribution in [0.25, 0.3) is 0 Å². The van der Waals surface area contributed by atoms with Crippen LogP contribution in [0.3, 0.4) is 0 Å². The van der Waals surface area contributed by atoms with Crippen molar-refractivity contribution in [1.29, 1.82) is 0 Å². The number of nitrogens with two attached hydrogens (primary N) is 1. The van der Waals surface area contributed by atoms with Crippen LogP contribution in [0.4, 0.5) is 0 Å². The molecule has 1 atom stereocenters. The molecule has 0 bridgehead atoms. The van der Waals surface area contributed by atoms with E-state index < -0.39 is 0 Å². The second-order valence-corrected chi connectivity index (χ2v) is 5.91. The number of halogens is 1. The van der Waals surface area contributed by atoms with Crippen molar-refractivity contribution in [3.8, 4) is 0 Å². The maximum Gasteiger partial charge on any atom is 0.0838 e. The number of thiophene rings is 1. The van der Waals surface area contributed by atoms with E-state index in [0.717, 1.165) is 12.1 Å². The highest BCUT2D eigenvalue weighted by atomic mass is 35.5. The lowest BCUT2D eigenvalue weighted by atomic mass is 10.1. The SMILES string of the molecule is CCc1ccsc1C(N)c1c(Cl)cnn1C(C)C. The Labute approximate surface area is 117 Å². The number of rotatable bonds is 4. The Bertz CT molecular complexity index is 530. The van der Waals surface area contributed by atoms with Crippen molar-refractivity contribution in [2.24, 2.45) is 5.73 Å². The van der Waals surface area contributed by atoms with Gasteiger partial charge in [0.15, 0.2) is 0 Å². The van der Waals surface area contributed by atoms with Crippen molar-refractivity contribution in [2.75, 3.05) is 0 Å². The Morgan fingerprint density at radius 2 is 2.22 bits per heavy atom. The third kappa shape index (κ3) is 2.32. The molecule has 2 heterocycles. The number of hydrogen-bond acceptors (Lipinski definition) is 3. The Kier molecular flexibility index (Phi) is 4.10. The molecule has 0 saturated carbocycles. The fraction of sp³-hybridized carbons (Fsp3) is 0.462. The Morgan fingerprint density at radius 1 is 1.50 bits per heavy atom. The molecule has 0 amide bonds. The van der Waals surface area contributed by atoms with Crippen LogP contribution in [-0.4, -0.2) is 9.78 Å². The van der Waals surface area contributed by atoms with Crippen LogP contribution in [-0.2, 0) is 6.42 Å². The zero-order chi connectivity index (χ0) is 13.3. The van der Waals surface area contributed by atoms with Gasteiger partial charge in [0, 0.05) is 10.9 Å². The molecule has 0 radical (unpaired) electrons. The van der Waals surface area contributed by atoms with E-state index in [1.54, 1.807) is 17.5 Å². The molecular weight excluding hydrogens is 266 g/mol. The minimum Gasteiger partial charge on any atom is -0.318 e. The van der Waals surface area contributed by atoms with Crippen molar-refractivity contribution in [2.45, 2.75) is 39.3 Å². The molecule has 0 saturated heterocycles. The molecule has 0 aliphatic rings. The van der Waals surface area contributed by atoms with E-state index in [0.29, 0.717) is 5.02 Å². The Balaban J connectivity index is 2.45. The van der Waals surface area contributed by atoms with E-state index in [-0.39, 0.29) is 12.1 Å². The molecule has 0 aliphatic heterocycles. The van der Waals surface area contributed by atoms with Crippen LogP contribution in [0.2, 0.25) is 5.02 Å². The largest absolute Gasteiger partial charge is 0.318 e. The van der Waals surface area contributed by atoms with Crippen LogP contribution in [0.5, 0.6) is 0 Å². The van der Waals surface area contributed by atoms with Gasteiger partial charge in [0.1, 0.15) is 0 Å². The topological polar surface area (TPSA) is 43.8 Å². The van der Waals surface area contributed by atoms with E-state index >= 15 is 0 Å². The summed E-state index contributed by atoms with van der Waals surface area (Å²) in [6.45, 7) is 6.29. The van der Waals surface area contributed by atoms with Gasteiger partial charge in [-0.1, -0.05) is 18.5 Å². The number of nitrogens with zero attached hydrogens (tertiary/aromatic N) is 2. The molecule has 0 aliphatic carbocycles. The zero-order valence-electron chi connectivity index (χ0n) is 10.9. The average Bonchev–Trinajstić information content (AvgIpc) is 2.93. The summed E-state index contributed by atoms with van der Waals surface area (Å²) in [5, 5.41) is 7.04. The fourth-order valence-corrected chi connectivity index (χ4v) is 3.34. The van der Waals surface area contributed by atoms with Gasteiger partial charge in [0.2, 0.25) is 0 Å². The lowest BCUT2D eigenvalue weighted by molar-refractivity contribution is 0.500. The highest BCUT2D eigenvalue weighted by Crippen LogP contribution is 2.33. The predicted octanol–water partition coefficient (Wildman–Crippen LogP) is 3.79. The number of aryl methyl sites for hydroxylation is 1. The summed E-state index contributed by atoms with van der Waals surface area (Å²) in [4.78, 5) is 1.18. The maximum absolute atomic E-state index is 6.39. The van der Waals surface area contributed by atoms with E-state index in [2.05, 4.69) is 37.3 Å². The lowest BCUT2D eigenvalue weighted by Gasteiger charge is -2.17. The second kappa shape index (κ2) is 5.43. The van der Waals surface area contributed by atoms with Crippen molar-refractivity contribution < 1.29 is 0 Å². The first-order chi connectivity index (χ1) is 8.56. The van der Waals surface area contributed by atoms with E-state index in [9.17, 15) is 0 Å². The first-order valence-electron chi connectivity index (χ1n) is 6.11. The summed E-state index contributed by atoms with van der Waals surface area (Å²) in [5.41, 5.74) is 8.58. The van der Waals surface area contributed by atoms with Crippen molar-refractivity contribution in [3.63, 3.8) is 0 Å². The molecule has 0 aromatic carbocycles. The molecule has 5 heteroatoms. The average molecular weight is 284 g/mol. The third-order valence-electron chi connectivity index (χ3n) is 3.01. The van der Waals surface area contributed by atoms with Gasteiger partial charge >= 0.3 is 0 Å². The maximum atomic E-state index is 6.39. The molecule has 98 valence electrons. The first-order valence-corrected chi connectivity index (χ1v) is 7.36. The molecule has 2 aromatic rings. The van der Waals surface area contributed by atoms with Crippen LogP contribution >= 0.6 is 22.9 Å². The van der Waals surface area contributed by atoms with Crippen LogP contribution < -0.4 is 5.73 Å². The van der Waals surface area contributed by atoms with Crippen molar-refractivity contribution in [3.05, 3.63) is 38.8 Å². The molecule has 2 N–H and O–H groups in total. The standard InChI is InChI=1S/C13H18ClN3S/c1-4-9-5-6-18-13(9)11(15)12-10(14)7-16-17(12)8(2)3/h5-8,11H,4,15H2,1-3H3. The highest BCUT2D eigenvalue weighted by molar-refractivity contribution is 7.10. The number of aromatic nitrogens is 2. The summed E-state index contributed by atoms with van der Waals surface area (Å²) in [6.07, 6.45) is 2.66. The summed E-state index contributed by atoms with van der Waals surface area (Å²) in [6, 6.07) is 2.19. The van der Waals surface area contributed by atoms with Crippen LogP contribution in [0.15, 0.2) is 17.6 Å². The minimum atomic E-state index is -0.197. The zero-order valence-corrected chi connectivity index (χ0v) is 12.4. The Morgan fingerprint density at radius 3 is 2.83 bits per heavy atom. The summed E-state index contributed by atoms with van der Waals surface area (Å²) in [7, 11) is 0. The summed E-state index contributed by atoms with van der Waals surface area (Å²) in [5.74, 6) is 0. The van der Waals surface area contributed by atoms with Crippen molar-refractivity contribution >= 4 is 22.9 Å². The second-order valence-electron chi connectivity index (χ2n) is 4.56. The van der Waals surface area contributed by atoms with Gasteiger partial charge in [-0.25, -0.2) is 0 Å². The molecule has 18 heavy (non-hydrogen) atoms. The molecule has 2 rings (SSSR count). The lowest BCUT2D eigenvalue weighted by Crippen LogP contribution is -2.19. The summed E-state index contributed by atoms with van der Waals surface area (Å²) < 4.78 is 1.91. The molecule has 0 spiro atoms. The van der Waals surface area contributed by atoms with Gasteiger partial charge in [-0.15, -0.1) is 11.3 Å². The van der Waals surface area contributed by atoms with Gasteiger partial charge in [0.25, 0.3) is 0 Å². The van der Waals surface area contributed by atoms with E-state index in [1.165, 1.54) is 10.4 Å². The Hall–Kier alpha value is -0.840. The minimum absolute atomic E-state index is 0.197. The van der Waals surface area contributed by atoms with Crippen molar-refractivity contribution in [1.82, 2.24) is 9.78 Å². The molecular formula is C13H18ClN3S. The summed E-state index contributed by atoms with van der Waals surface area (Å²) >= 11 is 7.92. The smallest absolute Gasteiger partial charge is 0.0838 e. The van der Waals surface area contributed by atoms with Crippen LogP contribution in [0.1, 0.15) is 49.0 Å². The van der Waals surface area contributed by atoms with Gasteiger partial charge in [-0.05, 0) is 37.3 Å². The normalized spacial score (nSPS) is 13.2. The van der Waals surface area contributed by atoms with Crippen LogP contribution in [0, 0.1) is 0 Å². The van der Waals surface area contributed by atoms with Gasteiger partial charge in [0.05, 0.1) is 23.0 Å². The highest BCUT2D eigenvalue weighted by Gasteiger charge is 2.22. The molecule has 1 unspecified atom stereocenters. The quantitative estimate of drug-likeness (QED) is 0.928. The monoisotopic (exact) mass is 283 g/mol. The van der Waals surface area contributed by atoms with E-state index in [1.807, 2.05) is 4.68 Å². The number of hydrogen-bond donors (Lipinski definition) is 1. The van der Waals surface area contributed by atoms with Gasteiger partial charge < -0.3 is 5.73 Å². The fourth-order valence-electron chi connectivity index (χ4n) is 2.09. The predicted molar refractivity (Wildman–Crippen MR) is 77.3 cm³/mol. The van der Waals surface area contributed by atoms with Gasteiger partial charge in [-0.2, -0.15) is 5.10 Å². The third-order valence-corrected chi connectivity index (χ3v) is 4.35. The van der Waals surface area contributed by atoms with E-state index in [4.69, 9.17) is 17.3 Å². The molecule has 3 nitrogen and oxygen atoms in total. The first kappa shape index (κ1) is 13.6. The van der Waals surface area contributed by atoms with Gasteiger partial charge in [-0.3, -0.25) is 4.68 Å². The molecule has 0 fully saturated rings.